The SMILES string of the molecule is CCCC(CCC)NC1CCCN(C(=O)OC(C)(C)C)CC1. The van der Waals surface area contributed by atoms with Crippen LogP contribution >= 0.6 is 0 Å². The lowest BCUT2D eigenvalue weighted by atomic mass is 10.0. The number of amides is 1. The Hall–Kier alpha value is -0.770. The van der Waals surface area contributed by atoms with E-state index in [2.05, 4.69) is 19.2 Å². The Kier molecular flexibility index (Phi) is 8.23. The molecule has 4 nitrogen and oxygen atoms in total. The van der Waals surface area contributed by atoms with E-state index < -0.39 is 5.60 Å². The molecule has 1 aliphatic rings. The normalized spacial score (nSPS) is 20.1. The van der Waals surface area contributed by atoms with Crippen LogP contribution in [-0.4, -0.2) is 41.8 Å². The molecule has 1 heterocycles. The Morgan fingerprint density at radius 3 is 2.36 bits per heavy atom. The summed E-state index contributed by atoms with van der Waals surface area (Å²) in [6.45, 7) is 11.9. The predicted molar refractivity (Wildman–Crippen MR) is 92.2 cm³/mol. The van der Waals surface area contributed by atoms with Crippen molar-refractivity contribution in [3.8, 4) is 0 Å². The minimum Gasteiger partial charge on any atom is -0.444 e. The van der Waals surface area contributed by atoms with Gasteiger partial charge in [-0.3, -0.25) is 0 Å². The van der Waals surface area contributed by atoms with Crippen molar-refractivity contribution in [1.29, 1.82) is 0 Å². The van der Waals surface area contributed by atoms with Crippen LogP contribution in [0, 0.1) is 0 Å². The van der Waals surface area contributed by atoms with E-state index >= 15 is 0 Å². The van der Waals surface area contributed by atoms with Crippen molar-refractivity contribution >= 4 is 6.09 Å². The maximum atomic E-state index is 12.2. The molecule has 1 aliphatic heterocycles. The van der Waals surface area contributed by atoms with Crippen molar-refractivity contribution in [2.24, 2.45) is 0 Å². The van der Waals surface area contributed by atoms with E-state index in [4.69, 9.17) is 4.74 Å². The van der Waals surface area contributed by atoms with Crippen LogP contribution in [0.25, 0.3) is 0 Å². The Balaban J connectivity index is 2.46. The van der Waals surface area contributed by atoms with Gasteiger partial charge in [-0.2, -0.15) is 0 Å². The summed E-state index contributed by atoms with van der Waals surface area (Å²) >= 11 is 0. The summed E-state index contributed by atoms with van der Waals surface area (Å²) in [5, 5.41) is 3.83. The monoisotopic (exact) mass is 312 g/mol. The minimum atomic E-state index is -0.408. The van der Waals surface area contributed by atoms with Crippen LogP contribution in [0.15, 0.2) is 0 Å². The molecular formula is C18H36N2O2. The van der Waals surface area contributed by atoms with E-state index in [0.29, 0.717) is 12.1 Å². The molecule has 0 aromatic rings. The van der Waals surface area contributed by atoms with E-state index in [1.807, 2.05) is 25.7 Å². The highest BCUT2D eigenvalue weighted by Gasteiger charge is 2.25. The van der Waals surface area contributed by atoms with Crippen molar-refractivity contribution in [3.63, 3.8) is 0 Å². The van der Waals surface area contributed by atoms with Gasteiger partial charge in [0, 0.05) is 25.2 Å². The first kappa shape index (κ1) is 19.3. The van der Waals surface area contributed by atoms with E-state index in [9.17, 15) is 4.79 Å². The first-order chi connectivity index (χ1) is 10.4. The number of hydrogen-bond donors (Lipinski definition) is 1. The second-order valence-corrected chi connectivity index (χ2v) is 7.54. The molecule has 1 rings (SSSR count). The lowest BCUT2D eigenvalue weighted by Gasteiger charge is -2.27. The molecule has 1 fully saturated rings. The van der Waals surface area contributed by atoms with Gasteiger partial charge in [0.25, 0.3) is 0 Å². The molecule has 4 heteroatoms. The molecule has 1 saturated heterocycles. The third-order valence-corrected chi connectivity index (χ3v) is 4.13. The number of ether oxygens (including phenoxy) is 1. The fraction of sp³-hybridized carbons (Fsp3) is 0.944. The Morgan fingerprint density at radius 2 is 1.82 bits per heavy atom. The quantitative estimate of drug-likeness (QED) is 0.793. The molecule has 0 spiro atoms. The maximum absolute atomic E-state index is 12.2. The standard InChI is InChI=1S/C18H36N2O2/c1-6-9-15(10-7-2)19-16-11-8-13-20(14-12-16)17(21)22-18(3,4)5/h15-16,19H,6-14H2,1-5H3. The van der Waals surface area contributed by atoms with Crippen LogP contribution in [0.1, 0.15) is 79.6 Å². The van der Waals surface area contributed by atoms with Crippen LogP contribution in [-0.2, 0) is 4.74 Å². The van der Waals surface area contributed by atoms with Crippen LogP contribution < -0.4 is 5.32 Å². The van der Waals surface area contributed by atoms with Crippen LogP contribution in [0.3, 0.4) is 0 Å². The zero-order valence-electron chi connectivity index (χ0n) is 15.3. The fourth-order valence-electron chi connectivity index (χ4n) is 3.11. The van der Waals surface area contributed by atoms with E-state index in [1.165, 1.54) is 25.7 Å². The van der Waals surface area contributed by atoms with Crippen molar-refractivity contribution in [1.82, 2.24) is 10.2 Å². The highest BCUT2D eigenvalue weighted by atomic mass is 16.6. The third kappa shape index (κ3) is 7.48. The summed E-state index contributed by atoms with van der Waals surface area (Å²) in [5.74, 6) is 0. The summed E-state index contributed by atoms with van der Waals surface area (Å²) in [5.41, 5.74) is -0.408. The highest BCUT2D eigenvalue weighted by molar-refractivity contribution is 5.68. The number of likely N-dealkylation sites (tertiary alicyclic amines) is 1. The maximum Gasteiger partial charge on any atom is 0.410 e. The van der Waals surface area contributed by atoms with Gasteiger partial charge in [-0.1, -0.05) is 26.7 Å². The van der Waals surface area contributed by atoms with E-state index in [1.54, 1.807) is 0 Å². The van der Waals surface area contributed by atoms with Gasteiger partial charge < -0.3 is 15.0 Å². The van der Waals surface area contributed by atoms with Crippen molar-refractivity contribution in [2.45, 2.75) is 97.2 Å². The molecule has 0 bridgehead atoms. The molecular weight excluding hydrogens is 276 g/mol. The van der Waals surface area contributed by atoms with Crippen molar-refractivity contribution in [3.05, 3.63) is 0 Å². The van der Waals surface area contributed by atoms with Crippen LogP contribution in [0.2, 0.25) is 0 Å². The first-order valence-corrected chi connectivity index (χ1v) is 9.09. The summed E-state index contributed by atoms with van der Waals surface area (Å²) in [4.78, 5) is 14.1. The molecule has 1 unspecified atom stereocenters. The van der Waals surface area contributed by atoms with Crippen molar-refractivity contribution < 1.29 is 9.53 Å². The molecule has 130 valence electrons. The highest BCUT2D eigenvalue weighted by Crippen LogP contribution is 2.17. The topological polar surface area (TPSA) is 41.6 Å². The predicted octanol–water partition coefficient (Wildman–Crippen LogP) is 4.33. The average molecular weight is 312 g/mol. The number of rotatable bonds is 6. The zero-order valence-corrected chi connectivity index (χ0v) is 15.3. The van der Waals surface area contributed by atoms with Crippen LogP contribution in [0.5, 0.6) is 0 Å². The second-order valence-electron chi connectivity index (χ2n) is 7.54. The number of hydrogen-bond acceptors (Lipinski definition) is 3. The van der Waals surface area contributed by atoms with Gasteiger partial charge in [-0.05, 0) is 52.9 Å². The van der Waals surface area contributed by atoms with Gasteiger partial charge in [0.2, 0.25) is 0 Å². The second kappa shape index (κ2) is 9.39. The van der Waals surface area contributed by atoms with Gasteiger partial charge in [-0.15, -0.1) is 0 Å². The van der Waals surface area contributed by atoms with Crippen molar-refractivity contribution in [2.75, 3.05) is 13.1 Å². The fourth-order valence-corrected chi connectivity index (χ4v) is 3.11. The van der Waals surface area contributed by atoms with Gasteiger partial charge in [0.05, 0.1) is 0 Å². The lowest BCUT2D eigenvalue weighted by molar-refractivity contribution is 0.0256. The molecule has 0 aromatic heterocycles. The minimum absolute atomic E-state index is 0.160. The first-order valence-electron chi connectivity index (χ1n) is 9.09. The Bertz CT molecular complexity index is 320. The third-order valence-electron chi connectivity index (χ3n) is 4.13. The summed E-state index contributed by atoms with van der Waals surface area (Å²) in [6, 6.07) is 1.17. The molecule has 1 N–H and O–H groups in total. The van der Waals surface area contributed by atoms with Crippen LogP contribution in [0.4, 0.5) is 4.79 Å². The molecule has 1 amide bonds. The summed E-state index contributed by atoms with van der Waals surface area (Å²) < 4.78 is 5.49. The molecule has 0 aromatic carbocycles. The molecule has 0 aliphatic carbocycles. The molecule has 0 radical (unpaired) electrons. The number of nitrogens with zero attached hydrogens (tertiary/aromatic N) is 1. The molecule has 22 heavy (non-hydrogen) atoms. The Labute approximate surface area is 137 Å². The lowest BCUT2D eigenvalue weighted by Crippen LogP contribution is -2.40. The van der Waals surface area contributed by atoms with E-state index in [-0.39, 0.29) is 6.09 Å². The van der Waals surface area contributed by atoms with Gasteiger partial charge in [-0.25, -0.2) is 4.79 Å². The zero-order chi connectivity index (χ0) is 16.6. The summed E-state index contributed by atoms with van der Waals surface area (Å²) in [7, 11) is 0. The van der Waals surface area contributed by atoms with Gasteiger partial charge in [0.15, 0.2) is 0 Å². The summed E-state index contributed by atoms with van der Waals surface area (Å²) in [6.07, 6.45) is 8.05. The Morgan fingerprint density at radius 1 is 1.18 bits per heavy atom. The van der Waals surface area contributed by atoms with Gasteiger partial charge >= 0.3 is 6.09 Å². The molecule has 1 atom stereocenters. The number of carbonyl (C=O) groups excluding carboxylic acids is 1. The van der Waals surface area contributed by atoms with Gasteiger partial charge in [0.1, 0.15) is 5.60 Å². The smallest absolute Gasteiger partial charge is 0.410 e. The largest absolute Gasteiger partial charge is 0.444 e. The van der Waals surface area contributed by atoms with E-state index in [0.717, 1.165) is 32.4 Å². The number of nitrogens with one attached hydrogen (secondary N) is 1. The molecule has 0 saturated carbocycles. The average Bonchev–Trinajstić information content (AvgIpc) is 2.63. The number of carbonyl (C=O) groups is 1.